The van der Waals surface area contributed by atoms with Gasteiger partial charge >= 0.3 is 12.1 Å². The molecule has 14 heteroatoms. The molecule has 1 aliphatic rings. The van der Waals surface area contributed by atoms with Gasteiger partial charge in [-0.25, -0.2) is 27.7 Å². The molecule has 1 aromatic heterocycles. The van der Waals surface area contributed by atoms with Crippen LogP contribution in [0.4, 0.5) is 10.7 Å². The molecule has 1 aliphatic heterocycles. The van der Waals surface area contributed by atoms with Gasteiger partial charge in [-0.1, -0.05) is 24.3 Å². The van der Waals surface area contributed by atoms with Gasteiger partial charge in [0.1, 0.15) is 11.7 Å². The van der Waals surface area contributed by atoms with Crippen molar-refractivity contribution in [3.05, 3.63) is 65.2 Å². The van der Waals surface area contributed by atoms with Crippen molar-refractivity contribution in [3.8, 4) is 17.1 Å². The summed E-state index contributed by atoms with van der Waals surface area (Å²) in [6.07, 6.45) is -0.892. The van der Waals surface area contributed by atoms with E-state index in [0.717, 1.165) is 22.8 Å². The highest BCUT2D eigenvalue weighted by atomic mass is 35.5. The molecule has 0 aliphatic carbocycles. The maximum atomic E-state index is 13.3. The van der Waals surface area contributed by atoms with Gasteiger partial charge in [-0.05, 0) is 70.9 Å². The van der Waals surface area contributed by atoms with E-state index in [2.05, 4.69) is 20.0 Å². The molecule has 4 rings (SSSR count). The zero-order valence-electron chi connectivity index (χ0n) is 25.4. The first kappa shape index (κ1) is 34.5. The number of nitrogens with zero attached hydrogens (tertiary/aromatic N) is 3. The van der Waals surface area contributed by atoms with E-state index in [0.29, 0.717) is 25.3 Å². The highest BCUT2D eigenvalue weighted by molar-refractivity contribution is 7.92. The van der Waals surface area contributed by atoms with Gasteiger partial charge in [0, 0.05) is 31.3 Å². The summed E-state index contributed by atoms with van der Waals surface area (Å²) in [7, 11) is -4.25. The lowest BCUT2D eigenvalue weighted by Gasteiger charge is -2.37. The number of aromatic nitrogens is 2. The van der Waals surface area contributed by atoms with E-state index in [1.54, 1.807) is 11.0 Å². The van der Waals surface area contributed by atoms with E-state index >= 15 is 0 Å². The molecule has 12 nitrogen and oxygen atoms in total. The van der Waals surface area contributed by atoms with Crippen molar-refractivity contribution < 1.29 is 32.6 Å². The Morgan fingerprint density at radius 1 is 1.09 bits per heavy atom. The van der Waals surface area contributed by atoms with Crippen LogP contribution >= 0.6 is 12.4 Å². The third kappa shape index (κ3) is 8.58. The first-order valence-electron chi connectivity index (χ1n) is 13.8. The van der Waals surface area contributed by atoms with E-state index < -0.39 is 33.8 Å². The van der Waals surface area contributed by atoms with Gasteiger partial charge in [-0.2, -0.15) is 4.98 Å². The standard InChI is InChI=1S/C30H37N5O7S.ClH/c1-18-9-7-10-19(2)26(18)23-16-25(41-20(3)24-17-35(14-13-31-24)29(38)42-30(4,5)6)33-28(32-23)34-43(39,40)22-12-8-11-21(15-22)27(36)37;/h7-12,15-16,20,24,31H,13-14,17H2,1-6H3,(H,36,37)(H,32,33,34);1H. The Labute approximate surface area is 263 Å². The molecule has 238 valence electrons. The monoisotopic (exact) mass is 647 g/mol. The molecule has 2 aromatic carbocycles. The summed E-state index contributed by atoms with van der Waals surface area (Å²) < 4.78 is 40.6. The lowest BCUT2D eigenvalue weighted by molar-refractivity contribution is 0.0140. The van der Waals surface area contributed by atoms with Crippen molar-refractivity contribution in [2.24, 2.45) is 0 Å². The number of anilines is 1. The number of sulfonamides is 1. The zero-order valence-corrected chi connectivity index (χ0v) is 27.1. The van der Waals surface area contributed by atoms with Crippen LogP contribution in [0.1, 0.15) is 49.2 Å². The molecule has 0 bridgehead atoms. The van der Waals surface area contributed by atoms with Gasteiger partial charge in [-0.3, -0.25) is 0 Å². The summed E-state index contributed by atoms with van der Waals surface area (Å²) in [6, 6.07) is 12.1. The normalized spacial score (nSPS) is 16.0. The zero-order chi connectivity index (χ0) is 31.5. The largest absolute Gasteiger partial charge is 0.478 e. The molecule has 0 spiro atoms. The molecule has 0 radical (unpaired) electrons. The van der Waals surface area contributed by atoms with Crippen LogP contribution in [0.5, 0.6) is 5.88 Å². The Morgan fingerprint density at radius 3 is 2.39 bits per heavy atom. The first-order valence-corrected chi connectivity index (χ1v) is 15.3. The lowest BCUT2D eigenvalue weighted by atomic mass is 10.00. The van der Waals surface area contributed by atoms with Crippen LogP contribution in [-0.4, -0.2) is 77.8 Å². The minimum Gasteiger partial charge on any atom is -0.478 e. The number of amides is 1. The second-order valence-corrected chi connectivity index (χ2v) is 13.1. The van der Waals surface area contributed by atoms with E-state index in [4.69, 9.17) is 9.47 Å². The van der Waals surface area contributed by atoms with Gasteiger partial charge in [0.15, 0.2) is 0 Å². The van der Waals surface area contributed by atoms with Crippen LogP contribution in [0.25, 0.3) is 11.3 Å². The maximum Gasteiger partial charge on any atom is 0.410 e. The van der Waals surface area contributed by atoms with Gasteiger partial charge in [-0.15, -0.1) is 12.4 Å². The number of piperazine rings is 1. The second kappa shape index (κ2) is 13.8. The first-order chi connectivity index (χ1) is 20.1. The smallest absolute Gasteiger partial charge is 0.410 e. The number of ether oxygens (including phenoxy) is 2. The van der Waals surface area contributed by atoms with Crippen molar-refractivity contribution in [1.29, 1.82) is 0 Å². The molecule has 1 amide bonds. The third-order valence-electron chi connectivity index (χ3n) is 6.79. The number of carboxylic acids is 1. The molecular weight excluding hydrogens is 610 g/mol. The molecule has 1 saturated heterocycles. The predicted molar refractivity (Wildman–Crippen MR) is 168 cm³/mol. The summed E-state index contributed by atoms with van der Waals surface area (Å²) in [4.78, 5) is 34.3. The van der Waals surface area contributed by atoms with Crippen LogP contribution < -0.4 is 14.8 Å². The second-order valence-electron chi connectivity index (χ2n) is 11.4. The molecule has 0 saturated carbocycles. The SMILES string of the molecule is Cc1cccc(C)c1-c1cc(OC(C)C2CN(C(=O)OC(C)(C)C)CCN2)nc(NS(=O)(=O)c2cccc(C(=O)O)c2)n1.Cl. The van der Waals surface area contributed by atoms with Crippen LogP contribution in [0.3, 0.4) is 0 Å². The highest BCUT2D eigenvalue weighted by Crippen LogP contribution is 2.30. The fourth-order valence-electron chi connectivity index (χ4n) is 4.71. The van der Waals surface area contributed by atoms with E-state index in [1.165, 1.54) is 18.2 Å². The van der Waals surface area contributed by atoms with Crippen LogP contribution in [0.15, 0.2) is 53.4 Å². The highest BCUT2D eigenvalue weighted by Gasteiger charge is 2.31. The number of carboxylic acid groups (broad SMARTS) is 1. The number of benzene rings is 2. The van der Waals surface area contributed by atoms with Gasteiger partial charge in [0.05, 0.1) is 22.2 Å². The summed E-state index contributed by atoms with van der Waals surface area (Å²) in [5, 5.41) is 12.7. The number of rotatable bonds is 8. The number of hydrogen-bond acceptors (Lipinski definition) is 9. The molecular formula is C30H38ClN5O7S. The number of aromatic carboxylic acids is 1. The molecule has 2 unspecified atom stereocenters. The third-order valence-corrected chi connectivity index (χ3v) is 8.11. The quantitative estimate of drug-likeness (QED) is 0.314. The lowest BCUT2D eigenvalue weighted by Crippen LogP contribution is -2.58. The minimum absolute atomic E-state index is 0. The van der Waals surface area contributed by atoms with Crippen molar-refractivity contribution >= 4 is 40.4 Å². The average molecular weight is 648 g/mol. The Morgan fingerprint density at radius 2 is 1.75 bits per heavy atom. The molecule has 3 aromatic rings. The van der Waals surface area contributed by atoms with E-state index in [-0.39, 0.29) is 40.7 Å². The maximum absolute atomic E-state index is 13.3. The molecule has 3 N–H and O–H groups in total. The fraction of sp³-hybridized carbons (Fsp3) is 0.400. The number of carbonyl (C=O) groups excluding carboxylic acids is 1. The number of nitrogens with one attached hydrogen (secondary N) is 2. The fourth-order valence-corrected chi connectivity index (χ4v) is 5.70. The number of hydrogen-bond donors (Lipinski definition) is 3. The van der Waals surface area contributed by atoms with Crippen molar-refractivity contribution in [2.75, 3.05) is 24.4 Å². The topological polar surface area (TPSA) is 160 Å². The molecule has 1 fully saturated rings. The Hall–Kier alpha value is -3.94. The number of aryl methyl sites for hydroxylation is 2. The van der Waals surface area contributed by atoms with Crippen LogP contribution in [0.2, 0.25) is 0 Å². The Bertz CT molecular complexity index is 1610. The summed E-state index contributed by atoms with van der Waals surface area (Å²) in [5.74, 6) is -1.38. The van der Waals surface area contributed by atoms with E-state index in [1.807, 2.05) is 59.7 Å². The van der Waals surface area contributed by atoms with E-state index in [9.17, 15) is 23.1 Å². The van der Waals surface area contributed by atoms with Crippen molar-refractivity contribution in [1.82, 2.24) is 20.2 Å². The minimum atomic E-state index is -4.25. The predicted octanol–water partition coefficient (Wildman–Crippen LogP) is 4.66. The molecule has 2 atom stereocenters. The number of carbonyl (C=O) groups is 2. The van der Waals surface area contributed by atoms with Crippen molar-refractivity contribution in [2.45, 2.75) is 64.2 Å². The summed E-state index contributed by atoms with van der Waals surface area (Å²) in [6.45, 7) is 12.5. The van der Waals surface area contributed by atoms with Gasteiger partial charge < -0.3 is 24.8 Å². The van der Waals surface area contributed by atoms with Crippen molar-refractivity contribution in [3.63, 3.8) is 0 Å². The Kier molecular flexibility index (Phi) is 10.8. The van der Waals surface area contributed by atoms with Gasteiger partial charge in [0.25, 0.3) is 10.0 Å². The molecule has 44 heavy (non-hydrogen) atoms. The van der Waals surface area contributed by atoms with Crippen LogP contribution in [0, 0.1) is 13.8 Å². The van der Waals surface area contributed by atoms with Crippen LogP contribution in [-0.2, 0) is 14.8 Å². The van der Waals surface area contributed by atoms with Gasteiger partial charge in [0.2, 0.25) is 11.8 Å². The number of halogens is 1. The molecule has 2 heterocycles. The summed E-state index contributed by atoms with van der Waals surface area (Å²) in [5.41, 5.74) is 2.28. The summed E-state index contributed by atoms with van der Waals surface area (Å²) >= 11 is 0. The Balaban J connectivity index is 0.00000529. The average Bonchev–Trinajstić information content (AvgIpc) is 2.92.